The number of hydrogen-bond donors (Lipinski definition) is 1. The molecular formula is C11H14ClNS. The van der Waals surface area contributed by atoms with Gasteiger partial charge in [0.05, 0.1) is 0 Å². The molecule has 0 amide bonds. The Hall–Kier alpha value is -0.180. The Morgan fingerprint density at radius 1 is 1.43 bits per heavy atom. The molecule has 14 heavy (non-hydrogen) atoms. The van der Waals surface area contributed by atoms with Crippen LogP contribution in [0, 0.1) is 0 Å². The smallest absolute Gasteiger partial charge is 0.0438 e. The molecule has 1 nitrogen and oxygen atoms in total. The average molecular weight is 228 g/mol. The van der Waals surface area contributed by atoms with E-state index in [4.69, 9.17) is 17.3 Å². The molecule has 1 unspecified atom stereocenters. The van der Waals surface area contributed by atoms with Crippen molar-refractivity contribution in [2.75, 3.05) is 11.5 Å². The normalized spacial score (nSPS) is 26.7. The monoisotopic (exact) mass is 227 g/mol. The minimum Gasteiger partial charge on any atom is -0.324 e. The van der Waals surface area contributed by atoms with Gasteiger partial charge in [-0.3, -0.25) is 0 Å². The summed E-state index contributed by atoms with van der Waals surface area (Å²) < 4.78 is 0. The molecule has 1 heterocycles. The van der Waals surface area contributed by atoms with Gasteiger partial charge in [0.2, 0.25) is 0 Å². The van der Waals surface area contributed by atoms with Crippen LogP contribution in [-0.4, -0.2) is 17.0 Å². The molecule has 1 aliphatic heterocycles. The standard InChI is InChI=1S/C11H14ClNS/c12-10-4-2-1-3-9(10)7-11(13)5-6-14-8-11/h1-4H,5-8,13H2. The molecule has 2 rings (SSSR count). The van der Waals surface area contributed by atoms with Crippen LogP contribution in [0.2, 0.25) is 5.02 Å². The maximum Gasteiger partial charge on any atom is 0.0438 e. The molecule has 1 aromatic rings. The predicted octanol–water partition coefficient (Wildman–Crippen LogP) is 2.72. The average Bonchev–Trinajstić information content (AvgIpc) is 2.57. The minimum atomic E-state index is -0.0321. The molecule has 0 saturated carbocycles. The maximum atomic E-state index is 6.28. The first-order valence-electron chi connectivity index (χ1n) is 4.80. The lowest BCUT2D eigenvalue weighted by Crippen LogP contribution is -2.41. The second kappa shape index (κ2) is 4.13. The maximum absolute atomic E-state index is 6.28. The summed E-state index contributed by atoms with van der Waals surface area (Å²) >= 11 is 8.04. The van der Waals surface area contributed by atoms with Crippen molar-refractivity contribution in [3.8, 4) is 0 Å². The fourth-order valence-corrected chi connectivity index (χ4v) is 3.33. The first kappa shape index (κ1) is 10.3. The Morgan fingerprint density at radius 3 is 2.86 bits per heavy atom. The van der Waals surface area contributed by atoms with E-state index in [1.165, 1.54) is 11.3 Å². The van der Waals surface area contributed by atoms with Crippen molar-refractivity contribution in [2.45, 2.75) is 18.4 Å². The molecule has 0 aliphatic carbocycles. The summed E-state index contributed by atoms with van der Waals surface area (Å²) in [7, 11) is 0. The molecule has 1 atom stereocenters. The summed E-state index contributed by atoms with van der Waals surface area (Å²) in [5, 5.41) is 0.842. The van der Waals surface area contributed by atoms with Crippen molar-refractivity contribution >= 4 is 23.4 Å². The van der Waals surface area contributed by atoms with Gasteiger partial charge in [-0.05, 0) is 30.2 Å². The Labute approximate surface area is 94.0 Å². The van der Waals surface area contributed by atoms with Gasteiger partial charge in [-0.1, -0.05) is 29.8 Å². The van der Waals surface area contributed by atoms with Crippen molar-refractivity contribution in [1.29, 1.82) is 0 Å². The topological polar surface area (TPSA) is 26.0 Å². The largest absolute Gasteiger partial charge is 0.324 e. The van der Waals surface area contributed by atoms with Gasteiger partial charge in [0.1, 0.15) is 0 Å². The molecule has 2 N–H and O–H groups in total. The van der Waals surface area contributed by atoms with Crippen LogP contribution in [0.25, 0.3) is 0 Å². The van der Waals surface area contributed by atoms with Gasteiger partial charge < -0.3 is 5.73 Å². The molecule has 1 aromatic carbocycles. The summed E-state index contributed by atoms with van der Waals surface area (Å²) in [4.78, 5) is 0. The zero-order valence-electron chi connectivity index (χ0n) is 8.00. The van der Waals surface area contributed by atoms with E-state index in [0.29, 0.717) is 0 Å². The fraction of sp³-hybridized carbons (Fsp3) is 0.455. The van der Waals surface area contributed by atoms with Crippen molar-refractivity contribution in [2.24, 2.45) is 5.73 Å². The minimum absolute atomic E-state index is 0.0321. The molecule has 1 saturated heterocycles. The van der Waals surface area contributed by atoms with E-state index >= 15 is 0 Å². The van der Waals surface area contributed by atoms with Crippen LogP contribution >= 0.6 is 23.4 Å². The lowest BCUT2D eigenvalue weighted by molar-refractivity contribution is 0.479. The molecule has 0 bridgehead atoms. The predicted molar refractivity (Wildman–Crippen MR) is 64.0 cm³/mol. The molecule has 1 aliphatic rings. The van der Waals surface area contributed by atoms with Crippen molar-refractivity contribution in [3.05, 3.63) is 34.9 Å². The highest BCUT2D eigenvalue weighted by Gasteiger charge is 2.30. The van der Waals surface area contributed by atoms with Crippen LogP contribution in [0.1, 0.15) is 12.0 Å². The molecule has 0 spiro atoms. The van der Waals surface area contributed by atoms with Gasteiger partial charge in [-0.2, -0.15) is 11.8 Å². The number of nitrogens with two attached hydrogens (primary N) is 1. The number of benzene rings is 1. The lowest BCUT2D eigenvalue weighted by Gasteiger charge is -2.23. The first-order valence-corrected chi connectivity index (χ1v) is 6.33. The highest BCUT2D eigenvalue weighted by atomic mass is 35.5. The summed E-state index contributed by atoms with van der Waals surface area (Å²) in [6.45, 7) is 0. The van der Waals surface area contributed by atoms with Crippen LogP contribution in [0.15, 0.2) is 24.3 Å². The third-order valence-electron chi connectivity index (χ3n) is 2.63. The van der Waals surface area contributed by atoms with E-state index < -0.39 is 0 Å². The van der Waals surface area contributed by atoms with E-state index in [-0.39, 0.29) is 5.54 Å². The first-order chi connectivity index (χ1) is 6.70. The van der Waals surface area contributed by atoms with Gasteiger partial charge in [0, 0.05) is 16.3 Å². The molecule has 1 fully saturated rings. The molecular weight excluding hydrogens is 214 g/mol. The van der Waals surface area contributed by atoms with E-state index in [0.717, 1.165) is 23.6 Å². The molecule has 3 heteroatoms. The van der Waals surface area contributed by atoms with Crippen LogP contribution in [0.5, 0.6) is 0 Å². The zero-order chi connectivity index (χ0) is 10.0. The Bertz CT molecular complexity index is 321. The third-order valence-corrected chi connectivity index (χ3v) is 4.27. The quantitative estimate of drug-likeness (QED) is 0.841. The van der Waals surface area contributed by atoms with Gasteiger partial charge in [0.25, 0.3) is 0 Å². The fourth-order valence-electron chi connectivity index (χ4n) is 1.78. The number of halogens is 1. The number of rotatable bonds is 2. The molecule has 76 valence electrons. The molecule has 0 radical (unpaired) electrons. The number of hydrogen-bond acceptors (Lipinski definition) is 2. The van der Waals surface area contributed by atoms with Gasteiger partial charge in [0.15, 0.2) is 0 Å². The summed E-state index contributed by atoms with van der Waals surface area (Å²) in [6.07, 6.45) is 2.00. The number of thioether (sulfide) groups is 1. The second-order valence-corrected chi connectivity index (χ2v) is 5.45. The lowest BCUT2D eigenvalue weighted by atomic mass is 9.91. The van der Waals surface area contributed by atoms with Gasteiger partial charge >= 0.3 is 0 Å². The van der Waals surface area contributed by atoms with Crippen molar-refractivity contribution in [1.82, 2.24) is 0 Å². The van der Waals surface area contributed by atoms with Crippen LogP contribution in [-0.2, 0) is 6.42 Å². The second-order valence-electron chi connectivity index (χ2n) is 3.93. The van der Waals surface area contributed by atoms with Gasteiger partial charge in [-0.25, -0.2) is 0 Å². The summed E-state index contributed by atoms with van der Waals surface area (Å²) in [6, 6.07) is 7.98. The van der Waals surface area contributed by atoms with Crippen LogP contribution < -0.4 is 5.73 Å². The van der Waals surface area contributed by atoms with E-state index in [9.17, 15) is 0 Å². The Kier molecular flexibility index (Phi) is 3.05. The van der Waals surface area contributed by atoms with E-state index in [1.807, 2.05) is 30.0 Å². The molecule has 0 aromatic heterocycles. The highest BCUT2D eigenvalue weighted by molar-refractivity contribution is 7.99. The van der Waals surface area contributed by atoms with Gasteiger partial charge in [-0.15, -0.1) is 0 Å². The third kappa shape index (κ3) is 2.25. The zero-order valence-corrected chi connectivity index (χ0v) is 9.57. The Balaban J connectivity index is 2.14. The van der Waals surface area contributed by atoms with Crippen molar-refractivity contribution in [3.63, 3.8) is 0 Å². The SMILES string of the molecule is NC1(Cc2ccccc2Cl)CCSC1. The summed E-state index contributed by atoms with van der Waals surface area (Å²) in [5.41, 5.74) is 7.43. The van der Waals surface area contributed by atoms with Crippen LogP contribution in [0.3, 0.4) is 0 Å². The van der Waals surface area contributed by atoms with E-state index in [2.05, 4.69) is 6.07 Å². The van der Waals surface area contributed by atoms with Crippen LogP contribution in [0.4, 0.5) is 0 Å². The summed E-state index contributed by atoms with van der Waals surface area (Å²) in [5.74, 6) is 2.24. The Morgan fingerprint density at radius 2 is 2.21 bits per heavy atom. The van der Waals surface area contributed by atoms with Crippen molar-refractivity contribution < 1.29 is 0 Å². The van der Waals surface area contributed by atoms with E-state index in [1.54, 1.807) is 0 Å². The highest BCUT2D eigenvalue weighted by Crippen LogP contribution is 2.30.